The van der Waals surface area contributed by atoms with Crippen LogP contribution in [0.3, 0.4) is 0 Å². The van der Waals surface area contributed by atoms with E-state index in [4.69, 9.17) is 19.0 Å². The number of carboxylic acid groups (broad SMARTS) is 1. The molecule has 18 heavy (non-hydrogen) atoms. The van der Waals surface area contributed by atoms with Crippen LogP contribution in [0, 0.1) is 0 Å². The molecule has 98 valence electrons. The Morgan fingerprint density at radius 2 is 1.89 bits per heavy atom. The van der Waals surface area contributed by atoms with E-state index in [-0.39, 0.29) is 5.76 Å². The lowest BCUT2D eigenvalue weighted by atomic mass is 10.0. The van der Waals surface area contributed by atoms with Crippen LogP contribution in [-0.4, -0.2) is 43.2 Å². The van der Waals surface area contributed by atoms with Crippen LogP contribution >= 0.6 is 0 Å². The van der Waals surface area contributed by atoms with Crippen LogP contribution < -0.4 is 4.90 Å². The summed E-state index contributed by atoms with van der Waals surface area (Å²) in [4.78, 5) is 12.8. The van der Waals surface area contributed by atoms with Crippen LogP contribution in [-0.2, 0) is 9.47 Å². The van der Waals surface area contributed by atoms with Gasteiger partial charge in [-0.25, -0.2) is 4.79 Å². The number of nitrogens with zero attached hydrogens (tertiary/aromatic N) is 1. The van der Waals surface area contributed by atoms with E-state index < -0.39 is 11.8 Å². The minimum absolute atomic E-state index is 0.0290. The number of anilines is 1. The molecule has 2 aliphatic heterocycles. The molecule has 0 bridgehead atoms. The second kappa shape index (κ2) is 4.29. The normalized spacial score (nSPS) is 22.6. The van der Waals surface area contributed by atoms with Gasteiger partial charge in [0.2, 0.25) is 5.76 Å². The molecule has 0 unspecified atom stereocenters. The molecule has 6 heteroatoms. The Morgan fingerprint density at radius 1 is 1.22 bits per heavy atom. The summed E-state index contributed by atoms with van der Waals surface area (Å²) in [7, 11) is 0. The number of piperidine rings is 1. The highest BCUT2D eigenvalue weighted by Crippen LogP contribution is 2.33. The van der Waals surface area contributed by atoms with Crippen molar-refractivity contribution < 1.29 is 23.8 Å². The van der Waals surface area contributed by atoms with Crippen molar-refractivity contribution in [2.24, 2.45) is 0 Å². The van der Waals surface area contributed by atoms with Crippen molar-refractivity contribution in [3.05, 3.63) is 17.9 Å². The smallest absolute Gasteiger partial charge is 0.371 e. The second-order valence-electron chi connectivity index (χ2n) is 4.54. The van der Waals surface area contributed by atoms with Crippen LogP contribution in [0.25, 0.3) is 0 Å². The maximum Gasteiger partial charge on any atom is 0.371 e. The van der Waals surface area contributed by atoms with Gasteiger partial charge in [0.1, 0.15) is 0 Å². The van der Waals surface area contributed by atoms with Gasteiger partial charge in [0.15, 0.2) is 11.7 Å². The first-order valence-electron chi connectivity index (χ1n) is 6.05. The number of carboxylic acids is 1. The Kier molecular flexibility index (Phi) is 2.76. The van der Waals surface area contributed by atoms with E-state index in [9.17, 15) is 4.79 Å². The molecule has 0 atom stereocenters. The first kappa shape index (κ1) is 11.6. The molecule has 1 aromatic heterocycles. The van der Waals surface area contributed by atoms with Gasteiger partial charge in [-0.1, -0.05) is 0 Å². The van der Waals surface area contributed by atoms with Crippen molar-refractivity contribution in [3.8, 4) is 0 Å². The second-order valence-corrected chi connectivity index (χ2v) is 4.54. The summed E-state index contributed by atoms with van der Waals surface area (Å²) in [5.41, 5.74) is 0. The van der Waals surface area contributed by atoms with Gasteiger partial charge in [0.25, 0.3) is 0 Å². The van der Waals surface area contributed by atoms with Gasteiger partial charge in [-0.15, -0.1) is 0 Å². The Bertz CT molecular complexity index is 439. The summed E-state index contributed by atoms with van der Waals surface area (Å²) in [5, 5.41) is 8.81. The van der Waals surface area contributed by atoms with Crippen molar-refractivity contribution in [2.75, 3.05) is 31.2 Å². The number of ether oxygens (including phenoxy) is 2. The first-order chi connectivity index (χ1) is 8.69. The molecule has 2 aliphatic rings. The molecule has 2 fully saturated rings. The van der Waals surface area contributed by atoms with Gasteiger partial charge >= 0.3 is 5.97 Å². The maximum absolute atomic E-state index is 10.7. The minimum atomic E-state index is -1.04. The fraction of sp³-hybridized carbons (Fsp3) is 0.583. The highest BCUT2D eigenvalue weighted by atomic mass is 16.7. The van der Waals surface area contributed by atoms with E-state index in [1.807, 2.05) is 4.90 Å². The summed E-state index contributed by atoms with van der Waals surface area (Å²) < 4.78 is 16.6. The lowest BCUT2D eigenvalue weighted by Crippen LogP contribution is -2.45. The number of carbonyl (C=O) groups is 1. The molecule has 1 spiro atoms. The Balaban J connectivity index is 1.66. The van der Waals surface area contributed by atoms with Crippen LogP contribution in [0.1, 0.15) is 23.4 Å². The molecule has 0 aromatic carbocycles. The Labute approximate surface area is 104 Å². The van der Waals surface area contributed by atoms with Crippen LogP contribution in [0.2, 0.25) is 0 Å². The molecule has 1 aromatic rings. The predicted octanol–water partition coefficient (Wildman–Crippen LogP) is 1.32. The van der Waals surface area contributed by atoms with E-state index >= 15 is 0 Å². The van der Waals surface area contributed by atoms with Gasteiger partial charge in [-0.05, 0) is 6.07 Å². The van der Waals surface area contributed by atoms with Gasteiger partial charge < -0.3 is 23.9 Å². The lowest BCUT2D eigenvalue weighted by molar-refractivity contribution is -0.169. The molecule has 1 N–H and O–H groups in total. The fourth-order valence-electron chi connectivity index (χ4n) is 2.47. The van der Waals surface area contributed by atoms with E-state index in [0.717, 1.165) is 25.9 Å². The van der Waals surface area contributed by atoms with Crippen molar-refractivity contribution >= 4 is 11.9 Å². The molecule has 0 aliphatic carbocycles. The van der Waals surface area contributed by atoms with Gasteiger partial charge in [0, 0.05) is 32.0 Å². The monoisotopic (exact) mass is 253 g/mol. The first-order valence-corrected chi connectivity index (χ1v) is 6.05. The van der Waals surface area contributed by atoms with E-state index in [1.165, 1.54) is 6.07 Å². The SMILES string of the molecule is O=C(O)c1ccc(N2CCC3(CC2)OCCO3)o1. The van der Waals surface area contributed by atoms with Crippen molar-refractivity contribution in [2.45, 2.75) is 18.6 Å². The van der Waals surface area contributed by atoms with E-state index in [1.54, 1.807) is 6.07 Å². The van der Waals surface area contributed by atoms with Crippen molar-refractivity contribution in [1.29, 1.82) is 0 Å². The summed E-state index contributed by atoms with van der Waals surface area (Å²) in [6.45, 7) is 2.80. The number of hydrogen-bond donors (Lipinski definition) is 1. The number of aromatic carboxylic acids is 1. The third-order valence-electron chi connectivity index (χ3n) is 3.45. The Hall–Kier alpha value is -1.53. The molecule has 6 nitrogen and oxygen atoms in total. The highest BCUT2D eigenvalue weighted by molar-refractivity contribution is 5.84. The zero-order chi connectivity index (χ0) is 12.6. The van der Waals surface area contributed by atoms with Crippen LogP contribution in [0.5, 0.6) is 0 Å². The summed E-state index contributed by atoms with van der Waals surface area (Å²) in [5.74, 6) is -0.894. The van der Waals surface area contributed by atoms with E-state index in [2.05, 4.69) is 0 Å². The van der Waals surface area contributed by atoms with Gasteiger partial charge in [-0.3, -0.25) is 0 Å². The van der Waals surface area contributed by atoms with E-state index in [0.29, 0.717) is 19.1 Å². The molecule has 2 saturated heterocycles. The maximum atomic E-state index is 10.7. The Morgan fingerprint density at radius 3 is 2.44 bits per heavy atom. The molecule has 0 amide bonds. The third-order valence-corrected chi connectivity index (χ3v) is 3.45. The average Bonchev–Trinajstić information content (AvgIpc) is 3.00. The van der Waals surface area contributed by atoms with Crippen molar-refractivity contribution in [3.63, 3.8) is 0 Å². The standard InChI is InChI=1S/C12H15NO5/c14-11(15)9-1-2-10(18-9)13-5-3-12(4-6-13)16-7-8-17-12/h1-2H,3-8H2,(H,14,15). The van der Waals surface area contributed by atoms with Crippen LogP contribution in [0.4, 0.5) is 5.88 Å². The zero-order valence-corrected chi connectivity index (χ0v) is 9.92. The fourth-order valence-corrected chi connectivity index (χ4v) is 2.47. The van der Waals surface area contributed by atoms with Gasteiger partial charge in [-0.2, -0.15) is 0 Å². The number of rotatable bonds is 2. The molecular weight excluding hydrogens is 238 g/mol. The summed E-state index contributed by atoms with van der Waals surface area (Å²) in [6.07, 6.45) is 1.55. The zero-order valence-electron chi connectivity index (χ0n) is 9.92. The predicted molar refractivity (Wildman–Crippen MR) is 61.7 cm³/mol. The molecule has 0 saturated carbocycles. The largest absolute Gasteiger partial charge is 0.475 e. The van der Waals surface area contributed by atoms with Crippen LogP contribution in [0.15, 0.2) is 16.5 Å². The lowest BCUT2D eigenvalue weighted by Gasteiger charge is -2.37. The molecule has 3 rings (SSSR count). The molecule has 3 heterocycles. The van der Waals surface area contributed by atoms with Crippen molar-refractivity contribution in [1.82, 2.24) is 0 Å². The average molecular weight is 253 g/mol. The summed E-state index contributed by atoms with van der Waals surface area (Å²) in [6, 6.07) is 3.17. The quantitative estimate of drug-likeness (QED) is 0.857. The third kappa shape index (κ3) is 1.97. The molecule has 0 radical (unpaired) electrons. The topological polar surface area (TPSA) is 72.1 Å². The van der Waals surface area contributed by atoms with Gasteiger partial charge in [0.05, 0.1) is 13.2 Å². The highest BCUT2D eigenvalue weighted by Gasteiger charge is 2.40. The summed E-state index contributed by atoms with van der Waals surface area (Å²) >= 11 is 0. The molecular formula is C12H15NO5. The minimum Gasteiger partial charge on any atom is -0.475 e. The number of hydrogen-bond acceptors (Lipinski definition) is 5. The number of furan rings is 1.